The predicted octanol–water partition coefficient (Wildman–Crippen LogP) is 6.85. The lowest BCUT2D eigenvalue weighted by atomic mass is 9.73. The van der Waals surface area contributed by atoms with Crippen molar-refractivity contribution >= 4 is 17.5 Å². The van der Waals surface area contributed by atoms with Crippen LogP contribution in [0.2, 0.25) is 0 Å². The van der Waals surface area contributed by atoms with Gasteiger partial charge in [-0.2, -0.15) is 0 Å². The number of benzene rings is 3. The summed E-state index contributed by atoms with van der Waals surface area (Å²) in [6, 6.07) is 25.7. The SMILES string of the molecule is CC(C)(C)c1ccc(Oc2ccc(N3C(=O)C4CCC(c5ccccc5)CC4C3=O)cc2)cc1. The highest BCUT2D eigenvalue weighted by molar-refractivity contribution is 6.22. The number of amides is 2. The zero-order valence-corrected chi connectivity index (χ0v) is 20.0. The Morgan fingerprint density at radius 3 is 1.94 bits per heavy atom. The number of carbonyl (C=O) groups excluding carboxylic acids is 2. The molecule has 4 nitrogen and oxygen atoms in total. The smallest absolute Gasteiger partial charge is 0.237 e. The Bertz CT molecular complexity index is 1180. The summed E-state index contributed by atoms with van der Waals surface area (Å²) in [6.45, 7) is 6.54. The third-order valence-electron chi connectivity index (χ3n) is 7.25. The molecule has 1 aliphatic heterocycles. The van der Waals surface area contributed by atoms with Crippen LogP contribution in [-0.4, -0.2) is 11.8 Å². The molecule has 1 heterocycles. The molecule has 2 amide bonds. The first kappa shape index (κ1) is 22.4. The van der Waals surface area contributed by atoms with Crippen LogP contribution < -0.4 is 9.64 Å². The van der Waals surface area contributed by atoms with Crippen molar-refractivity contribution in [3.8, 4) is 11.5 Å². The van der Waals surface area contributed by atoms with Gasteiger partial charge in [-0.25, -0.2) is 0 Å². The number of nitrogens with zero attached hydrogens (tertiary/aromatic N) is 1. The van der Waals surface area contributed by atoms with Crippen LogP contribution in [0.5, 0.6) is 11.5 Å². The van der Waals surface area contributed by atoms with Crippen molar-refractivity contribution in [2.75, 3.05) is 4.90 Å². The van der Waals surface area contributed by atoms with Crippen molar-refractivity contribution in [1.82, 2.24) is 0 Å². The Morgan fingerprint density at radius 1 is 0.735 bits per heavy atom. The van der Waals surface area contributed by atoms with E-state index >= 15 is 0 Å². The largest absolute Gasteiger partial charge is 0.457 e. The molecule has 1 aliphatic carbocycles. The van der Waals surface area contributed by atoms with E-state index in [4.69, 9.17) is 4.74 Å². The highest BCUT2D eigenvalue weighted by Crippen LogP contribution is 2.45. The van der Waals surface area contributed by atoms with E-state index in [0.717, 1.165) is 25.0 Å². The van der Waals surface area contributed by atoms with Crippen LogP contribution in [0.1, 0.15) is 57.1 Å². The number of rotatable bonds is 4. The summed E-state index contributed by atoms with van der Waals surface area (Å²) >= 11 is 0. The fourth-order valence-electron chi connectivity index (χ4n) is 5.28. The highest BCUT2D eigenvalue weighted by Gasteiger charge is 2.50. The summed E-state index contributed by atoms with van der Waals surface area (Å²) in [5.74, 6) is 1.20. The normalized spacial score (nSPS) is 22.6. The minimum absolute atomic E-state index is 0.0621. The molecule has 3 unspecified atom stereocenters. The van der Waals surface area contributed by atoms with Crippen molar-refractivity contribution in [3.05, 3.63) is 90.0 Å². The van der Waals surface area contributed by atoms with Crippen LogP contribution >= 0.6 is 0 Å². The van der Waals surface area contributed by atoms with E-state index in [-0.39, 0.29) is 29.1 Å². The summed E-state index contributed by atoms with van der Waals surface area (Å²) in [7, 11) is 0. The van der Waals surface area contributed by atoms with Crippen LogP contribution in [0.15, 0.2) is 78.9 Å². The zero-order chi connectivity index (χ0) is 23.9. The highest BCUT2D eigenvalue weighted by atomic mass is 16.5. The number of ether oxygens (including phenoxy) is 1. The molecule has 3 aromatic rings. The second-order valence-corrected chi connectivity index (χ2v) is 10.5. The zero-order valence-electron chi connectivity index (χ0n) is 20.0. The molecule has 0 N–H and O–H groups in total. The first-order valence-corrected chi connectivity index (χ1v) is 12.1. The lowest BCUT2D eigenvalue weighted by molar-refractivity contribution is -0.122. The van der Waals surface area contributed by atoms with Gasteiger partial charge in [-0.1, -0.05) is 63.2 Å². The molecular formula is C30H31NO3. The van der Waals surface area contributed by atoms with Crippen LogP contribution in [0, 0.1) is 11.8 Å². The van der Waals surface area contributed by atoms with Gasteiger partial charge in [0.15, 0.2) is 0 Å². The van der Waals surface area contributed by atoms with E-state index in [9.17, 15) is 9.59 Å². The topological polar surface area (TPSA) is 46.6 Å². The fourth-order valence-corrected chi connectivity index (χ4v) is 5.28. The first-order valence-electron chi connectivity index (χ1n) is 12.1. The lowest BCUT2D eigenvalue weighted by Gasteiger charge is -2.28. The van der Waals surface area contributed by atoms with Gasteiger partial charge in [-0.3, -0.25) is 14.5 Å². The van der Waals surface area contributed by atoms with Crippen molar-refractivity contribution in [2.45, 2.75) is 51.4 Å². The van der Waals surface area contributed by atoms with E-state index in [1.54, 1.807) is 12.1 Å². The number of fused-ring (bicyclic) bond motifs is 1. The Balaban J connectivity index is 1.29. The molecule has 174 valence electrons. The molecule has 2 aliphatic rings. The van der Waals surface area contributed by atoms with Gasteiger partial charge < -0.3 is 4.74 Å². The van der Waals surface area contributed by atoms with Crippen LogP contribution in [-0.2, 0) is 15.0 Å². The Morgan fingerprint density at radius 2 is 1.32 bits per heavy atom. The quantitative estimate of drug-likeness (QED) is 0.406. The number of carbonyl (C=O) groups is 2. The van der Waals surface area contributed by atoms with Crippen molar-refractivity contribution in [1.29, 1.82) is 0 Å². The molecule has 1 saturated heterocycles. The average Bonchev–Trinajstić information content (AvgIpc) is 3.09. The standard InChI is InChI=1S/C30H31NO3/c1-30(2,3)22-10-14-24(15-11-22)34-25-16-12-23(13-17-25)31-28(32)26-18-9-21(19-27(26)29(31)33)20-7-5-4-6-8-20/h4-8,10-17,21,26-27H,9,18-19H2,1-3H3. The van der Waals surface area contributed by atoms with E-state index in [1.165, 1.54) is 16.0 Å². The molecule has 3 atom stereocenters. The van der Waals surface area contributed by atoms with E-state index in [1.807, 2.05) is 42.5 Å². The van der Waals surface area contributed by atoms with Gasteiger partial charge in [-0.15, -0.1) is 0 Å². The molecule has 2 fully saturated rings. The average molecular weight is 454 g/mol. The molecule has 3 aromatic carbocycles. The predicted molar refractivity (Wildman–Crippen MR) is 134 cm³/mol. The molecule has 0 radical (unpaired) electrons. The maximum Gasteiger partial charge on any atom is 0.237 e. The van der Waals surface area contributed by atoms with Crippen LogP contribution in [0.3, 0.4) is 0 Å². The minimum atomic E-state index is -0.233. The molecule has 4 heteroatoms. The first-order chi connectivity index (χ1) is 16.3. The van der Waals surface area contributed by atoms with Crippen molar-refractivity contribution < 1.29 is 14.3 Å². The molecular weight excluding hydrogens is 422 g/mol. The van der Waals surface area contributed by atoms with Gasteiger partial charge in [0, 0.05) is 0 Å². The number of hydrogen-bond donors (Lipinski definition) is 0. The van der Waals surface area contributed by atoms with Gasteiger partial charge >= 0.3 is 0 Å². The summed E-state index contributed by atoms with van der Waals surface area (Å²) in [6.07, 6.45) is 2.44. The summed E-state index contributed by atoms with van der Waals surface area (Å²) in [5.41, 5.74) is 3.22. The Hall–Kier alpha value is -3.40. The van der Waals surface area contributed by atoms with Crippen LogP contribution in [0.4, 0.5) is 5.69 Å². The molecule has 34 heavy (non-hydrogen) atoms. The van der Waals surface area contributed by atoms with E-state index in [0.29, 0.717) is 17.4 Å². The second-order valence-electron chi connectivity index (χ2n) is 10.5. The summed E-state index contributed by atoms with van der Waals surface area (Å²) in [5, 5.41) is 0. The third kappa shape index (κ3) is 4.25. The molecule has 1 saturated carbocycles. The summed E-state index contributed by atoms with van der Waals surface area (Å²) in [4.78, 5) is 27.8. The fraction of sp³-hybridized carbons (Fsp3) is 0.333. The number of anilines is 1. The van der Waals surface area contributed by atoms with Crippen LogP contribution in [0.25, 0.3) is 0 Å². The summed E-state index contributed by atoms with van der Waals surface area (Å²) < 4.78 is 5.99. The van der Waals surface area contributed by atoms with Gasteiger partial charge in [0.1, 0.15) is 11.5 Å². The lowest BCUT2D eigenvalue weighted by Crippen LogP contribution is -2.30. The molecule has 0 bridgehead atoms. The third-order valence-corrected chi connectivity index (χ3v) is 7.25. The second kappa shape index (κ2) is 8.75. The van der Waals surface area contributed by atoms with Gasteiger partial charge in [0.2, 0.25) is 11.8 Å². The molecule has 0 aromatic heterocycles. The van der Waals surface area contributed by atoms with Gasteiger partial charge in [0.05, 0.1) is 17.5 Å². The maximum absolute atomic E-state index is 13.3. The maximum atomic E-state index is 13.3. The van der Waals surface area contributed by atoms with Gasteiger partial charge in [-0.05, 0) is 78.1 Å². The Labute approximate surface area is 201 Å². The van der Waals surface area contributed by atoms with Gasteiger partial charge in [0.25, 0.3) is 0 Å². The monoisotopic (exact) mass is 453 g/mol. The molecule has 0 spiro atoms. The van der Waals surface area contributed by atoms with Crippen molar-refractivity contribution in [2.24, 2.45) is 11.8 Å². The number of imide groups is 1. The number of hydrogen-bond acceptors (Lipinski definition) is 3. The van der Waals surface area contributed by atoms with E-state index < -0.39 is 0 Å². The van der Waals surface area contributed by atoms with Crippen molar-refractivity contribution in [3.63, 3.8) is 0 Å². The van der Waals surface area contributed by atoms with E-state index in [2.05, 4.69) is 45.0 Å². The Kier molecular flexibility index (Phi) is 5.76. The minimum Gasteiger partial charge on any atom is -0.457 e. The molecule has 5 rings (SSSR count).